The second kappa shape index (κ2) is 10.5. The molecule has 34 heavy (non-hydrogen) atoms. The van der Waals surface area contributed by atoms with Crippen molar-refractivity contribution in [3.63, 3.8) is 0 Å². The summed E-state index contributed by atoms with van der Waals surface area (Å²) < 4.78 is 10.4. The van der Waals surface area contributed by atoms with Crippen molar-refractivity contribution in [3.05, 3.63) is 64.2 Å². The Balaban J connectivity index is 1.35. The first kappa shape index (κ1) is 23.5. The highest BCUT2D eigenvalue weighted by Gasteiger charge is 2.28. The fraction of sp³-hybridized carbons (Fsp3) is 0.360. The number of carbonyl (C=O) groups is 2. The summed E-state index contributed by atoms with van der Waals surface area (Å²) in [4.78, 5) is 27.3. The predicted molar refractivity (Wildman–Crippen MR) is 129 cm³/mol. The summed E-state index contributed by atoms with van der Waals surface area (Å²) in [7, 11) is 1.56. The van der Waals surface area contributed by atoms with Crippen LogP contribution in [-0.2, 0) is 22.4 Å². The molecule has 2 aromatic heterocycles. The van der Waals surface area contributed by atoms with Gasteiger partial charge in [-0.3, -0.25) is 4.79 Å². The first-order valence-electron chi connectivity index (χ1n) is 11.2. The van der Waals surface area contributed by atoms with Crippen LogP contribution in [0.3, 0.4) is 0 Å². The molecule has 1 aliphatic rings. The van der Waals surface area contributed by atoms with E-state index in [1.165, 1.54) is 22.4 Å². The molecule has 1 aliphatic carbocycles. The molecule has 0 aliphatic heterocycles. The van der Waals surface area contributed by atoms with E-state index in [1.807, 2.05) is 37.3 Å². The number of aromatic nitrogens is 1. The van der Waals surface area contributed by atoms with Crippen LogP contribution < -0.4 is 10.2 Å². The second-order valence-electron chi connectivity index (χ2n) is 8.48. The van der Waals surface area contributed by atoms with Crippen LogP contribution in [0.1, 0.15) is 47.3 Å². The molecule has 2 unspecified atom stereocenters. The number of rotatable bonds is 7. The molecule has 4 rings (SSSR count). The van der Waals surface area contributed by atoms with Gasteiger partial charge in [0.25, 0.3) is 0 Å². The summed E-state index contributed by atoms with van der Waals surface area (Å²) in [5.74, 6) is 0.434. The molecule has 0 radical (unpaired) electrons. The summed E-state index contributed by atoms with van der Waals surface area (Å²) in [6, 6.07) is 13.8. The van der Waals surface area contributed by atoms with E-state index in [0.717, 1.165) is 22.4 Å². The molecule has 3 aromatic rings. The molecule has 0 spiro atoms. The monoisotopic (exact) mass is 478 g/mol. The Bertz CT molecular complexity index is 1180. The van der Waals surface area contributed by atoms with Crippen molar-refractivity contribution in [1.82, 2.24) is 5.16 Å². The van der Waals surface area contributed by atoms with Crippen LogP contribution in [0.15, 0.2) is 47.1 Å². The molecule has 176 valence electrons. The van der Waals surface area contributed by atoms with Crippen LogP contribution in [0.2, 0.25) is 0 Å². The first-order chi connectivity index (χ1) is 16.5. The number of amides is 2. The van der Waals surface area contributed by atoms with Crippen LogP contribution in [0, 0.1) is 17.2 Å². The number of anilines is 2. The highest BCUT2D eigenvalue weighted by molar-refractivity contribution is 7.16. The van der Waals surface area contributed by atoms with Crippen LogP contribution in [0.5, 0.6) is 0 Å². The van der Waals surface area contributed by atoms with Crippen LogP contribution in [-0.4, -0.2) is 30.8 Å². The van der Waals surface area contributed by atoms with Crippen molar-refractivity contribution in [2.24, 2.45) is 5.92 Å². The zero-order valence-corrected chi connectivity index (χ0v) is 19.9. The number of nitriles is 1. The molecule has 0 fully saturated rings. The normalized spacial score (nSPS) is 15.6. The van der Waals surface area contributed by atoms with Crippen molar-refractivity contribution < 1.29 is 18.8 Å². The highest BCUT2D eigenvalue weighted by atomic mass is 32.1. The van der Waals surface area contributed by atoms with Gasteiger partial charge in [0.05, 0.1) is 18.4 Å². The number of benzene rings is 1. The maximum Gasteiger partial charge on any atom is 0.416 e. The zero-order chi connectivity index (χ0) is 24.1. The van der Waals surface area contributed by atoms with Gasteiger partial charge in [0, 0.05) is 24.4 Å². The van der Waals surface area contributed by atoms with Crippen LogP contribution in [0.25, 0.3) is 0 Å². The quantitative estimate of drug-likeness (QED) is 0.505. The minimum Gasteiger partial charge on any atom is -0.449 e. The fourth-order valence-corrected chi connectivity index (χ4v) is 5.44. The van der Waals surface area contributed by atoms with Crippen molar-refractivity contribution >= 4 is 34.2 Å². The number of fused-ring (bicyclic) bond motifs is 1. The van der Waals surface area contributed by atoms with Crippen molar-refractivity contribution in [2.75, 3.05) is 23.9 Å². The van der Waals surface area contributed by atoms with Gasteiger partial charge in [-0.1, -0.05) is 42.4 Å². The SMILES string of the molecule is CC(CC(=O)Nc1sc2c(c1C#N)CCC(COC(=O)N(C)c1ccno1)C2)c1ccccc1. The van der Waals surface area contributed by atoms with E-state index >= 15 is 0 Å². The van der Waals surface area contributed by atoms with Gasteiger partial charge in [0.2, 0.25) is 11.8 Å². The summed E-state index contributed by atoms with van der Waals surface area (Å²) in [5, 5.41) is 16.9. The molecule has 2 atom stereocenters. The molecular formula is C25H26N4O4S. The summed E-state index contributed by atoms with van der Waals surface area (Å²) in [6.07, 6.45) is 3.51. The smallest absolute Gasteiger partial charge is 0.416 e. The fourth-order valence-electron chi connectivity index (χ4n) is 4.12. The number of carbonyl (C=O) groups excluding carboxylic acids is 2. The van der Waals surface area contributed by atoms with E-state index in [9.17, 15) is 14.9 Å². The average Bonchev–Trinajstić information content (AvgIpc) is 3.50. The van der Waals surface area contributed by atoms with Gasteiger partial charge in [-0.15, -0.1) is 11.3 Å². The van der Waals surface area contributed by atoms with Gasteiger partial charge < -0.3 is 14.6 Å². The van der Waals surface area contributed by atoms with Crippen molar-refractivity contribution in [3.8, 4) is 6.07 Å². The standard InChI is InChI=1S/C25H26N4O4S/c1-16(18-6-4-3-5-7-18)12-22(30)28-24-20(14-26)19-9-8-17(13-21(19)34-24)15-32-25(31)29(2)23-10-11-27-33-23/h3-7,10-11,16-17H,8-9,12-13,15H2,1-2H3,(H,28,30). The number of nitrogens with one attached hydrogen (secondary N) is 1. The molecule has 0 bridgehead atoms. The molecule has 0 saturated carbocycles. The van der Waals surface area contributed by atoms with Gasteiger partial charge in [-0.05, 0) is 42.2 Å². The Kier molecular flexibility index (Phi) is 7.28. The predicted octanol–water partition coefficient (Wildman–Crippen LogP) is 5.12. The van der Waals surface area contributed by atoms with Crippen LogP contribution in [0.4, 0.5) is 15.7 Å². The highest BCUT2D eigenvalue weighted by Crippen LogP contribution is 2.39. The second-order valence-corrected chi connectivity index (χ2v) is 9.58. The molecule has 0 saturated heterocycles. The zero-order valence-electron chi connectivity index (χ0n) is 19.1. The average molecular weight is 479 g/mol. The Morgan fingerprint density at radius 3 is 2.85 bits per heavy atom. The van der Waals surface area contributed by atoms with Gasteiger partial charge in [0.1, 0.15) is 11.1 Å². The minimum absolute atomic E-state index is 0.0791. The molecule has 1 N–H and O–H groups in total. The first-order valence-corrected chi connectivity index (χ1v) is 12.0. The van der Waals surface area contributed by atoms with E-state index in [-0.39, 0.29) is 24.3 Å². The van der Waals surface area contributed by atoms with E-state index in [0.29, 0.717) is 35.7 Å². The molecule has 1 aromatic carbocycles. The number of hydrogen-bond acceptors (Lipinski definition) is 7. The molecule has 9 heteroatoms. The lowest BCUT2D eigenvalue weighted by Gasteiger charge is -2.23. The third kappa shape index (κ3) is 5.29. The van der Waals surface area contributed by atoms with Crippen molar-refractivity contribution in [2.45, 2.75) is 38.5 Å². The number of hydrogen-bond donors (Lipinski definition) is 1. The Morgan fingerprint density at radius 1 is 1.35 bits per heavy atom. The number of nitrogens with zero attached hydrogens (tertiary/aromatic N) is 3. The number of ether oxygens (including phenoxy) is 1. The Hall–Kier alpha value is -3.64. The Morgan fingerprint density at radius 2 is 2.15 bits per heavy atom. The maximum absolute atomic E-state index is 12.7. The summed E-state index contributed by atoms with van der Waals surface area (Å²) in [6.45, 7) is 2.29. The lowest BCUT2D eigenvalue weighted by Crippen LogP contribution is -2.29. The van der Waals surface area contributed by atoms with Gasteiger partial charge in [0.15, 0.2) is 0 Å². The third-order valence-corrected chi connectivity index (χ3v) is 7.23. The molecule has 2 amide bonds. The third-order valence-electron chi connectivity index (χ3n) is 6.06. The summed E-state index contributed by atoms with van der Waals surface area (Å²) >= 11 is 1.45. The lowest BCUT2D eigenvalue weighted by atomic mass is 9.88. The maximum atomic E-state index is 12.7. The van der Waals surface area contributed by atoms with E-state index in [4.69, 9.17) is 9.26 Å². The minimum atomic E-state index is -0.507. The van der Waals surface area contributed by atoms with E-state index in [2.05, 4.69) is 16.5 Å². The number of thiophene rings is 1. The lowest BCUT2D eigenvalue weighted by molar-refractivity contribution is -0.116. The van der Waals surface area contributed by atoms with Gasteiger partial charge in [-0.2, -0.15) is 5.26 Å². The molecule has 8 nitrogen and oxygen atoms in total. The van der Waals surface area contributed by atoms with E-state index in [1.54, 1.807) is 13.1 Å². The van der Waals surface area contributed by atoms with Crippen molar-refractivity contribution in [1.29, 1.82) is 5.26 Å². The van der Waals surface area contributed by atoms with Gasteiger partial charge in [-0.25, -0.2) is 9.69 Å². The Labute approximate surface area is 202 Å². The van der Waals surface area contributed by atoms with E-state index < -0.39 is 6.09 Å². The largest absolute Gasteiger partial charge is 0.449 e. The molecular weight excluding hydrogens is 452 g/mol. The van der Waals surface area contributed by atoms with Gasteiger partial charge >= 0.3 is 6.09 Å². The van der Waals surface area contributed by atoms with Crippen LogP contribution >= 0.6 is 11.3 Å². The topological polar surface area (TPSA) is 108 Å². The molecule has 2 heterocycles. The summed E-state index contributed by atoms with van der Waals surface area (Å²) in [5.41, 5.74) is 2.66.